The minimum Gasteiger partial charge on any atom is -0.466 e. The molecule has 7 heteroatoms. The molecule has 0 unspecified atom stereocenters. The molecule has 1 aromatic rings. The summed E-state index contributed by atoms with van der Waals surface area (Å²) in [7, 11) is 1.56. The average Bonchev–Trinajstić information content (AvgIpc) is 2.35. The zero-order valence-electron chi connectivity index (χ0n) is 10.8. The number of esters is 1. The van der Waals surface area contributed by atoms with Crippen LogP contribution in [0.25, 0.3) is 0 Å². The molecule has 0 N–H and O–H groups in total. The van der Waals surface area contributed by atoms with Gasteiger partial charge in [-0.15, -0.1) is 0 Å². The zero-order valence-corrected chi connectivity index (χ0v) is 10.8. The lowest BCUT2D eigenvalue weighted by molar-refractivity contribution is -0.384. The van der Waals surface area contributed by atoms with Crippen molar-refractivity contribution >= 4 is 17.3 Å². The normalized spacial score (nSPS) is 10.1. The van der Waals surface area contributed by atoms with Crippen molar-refractivity contribution in [3.05, 3.63) is 34.1 Å². The molecule has 0 aliphatic heterocycles. The molecule has 1 aromatic carbocycles. The van der Waals surface area contributed by atoms with Crippen molar-refractivity contribution in [2.45, 2.75) is 13.3 Å². The molecular formula is C12H15FN2O4. The van der Waals surface area contributed by atoms with Crippen LogP contribution < -0.4 is 4.90 Å². The van der Waals surface area contributed by atoms with Crippen molar-refractivity contribution in [2.75, 3.05) is 25.1 Å². The summed E-state index contributed by atoms with van der Waals surface area (Å²) in [5, 5.41) is 10.8. The van der Waals surface area contributed by atoms with E-state index in [1.807, 2.05) is 0 Å². The molecule has 0 aromatic heterocycles. The summed E-state index contributed by atoms with van der Waals surface area (Å²) in [6.45, 7) is 2.19. The van der Waals surface area contributed by atoms with Crippen molar-refractivity contribution in [3.8, 4) is 0 Å². The van der Waals surface area contributed by atoms with Gasteiger partial charge >= 0.3 is 5.97 Å². The van der Waals surface area contributed by atoms with Crippen LogP contribution in [0.4, 0.5) is 15.8 Å². The third-order valence-electron chi connectivity index (χ3n) is 2.50. The fraction of sp³-hybridized carbons (Fsp3) is 0.417. The number of ether oxygens (including phenoxy) is 1. The standard InChI is InChI=1S/C12H15FN2O4/c1-3-19-12(16)6-7-14(2)11-8-9(13)4-5-10(11)15(17)18/h4-5,8H,3,6-7H2,1-2H3. The Balaban J connectivity index is 2.80. The highest BCUT2D eigenvalue weighted by Gasteiger charge is 2.18. The van der Waals surface area contributed by atoms with E-state index < -0.39 is 16.7 Å². The number of nitrogens with zero attached hydrogens (tertiary/aromatic N) is 2. The van der Waals surface area contributed by atoms with Gasteiger partial charge in [-0.3, -0.25) is 14.9 Å². The lowest BCUT2D eigenvalue weighted by Gasteiger charge is -2.18. The van der Waals surface area contributed by atoms with E-state index in [9.17, 15) is 19.3 Å². The average molecular weight is 270 g/mol. The summed E-state index contributed by atoms with van der Waals surface area (Å²) in [5.74, 6) is -0.961. The Labute approximate surface area is 109 Å². The van der Waals surface area contributed by atoms with Gasteiger partial charge in [0.05, 0.1) is 18.0 Å². The van der Waals surface area contributed by atoms with Gasteiger partial charge in [0.25, 0.3) is 5.69 Å². The Kier molecular flexibility index (Phi) is 5.23. The molecule has 0 aliphatic carbocycles. The number of hydrogen-bond acceptors (Lipinski definition) is 5. The van der Waals surface area contributed by atoms with Crippen LogP contribution in [-0.4, -0.2) is 31.1 Å². The summed E-state index contributed by atoms with van der Waals surface area (Å²) in [4.78, 5) is 22.9. The van der Waals surface area contributed by atoms with Crippen LogP contribution in [0.15, 0.2) is 18.2 Å². The second-order valence-corrected chi connectivity index (χ2v) is 3.87. The molecule has 0 saturated carbocycles. The molecule has 6 nitrogen and oxygen atoms in total. The molecule has 0 aliphatic rings. The first kappa shape index (κ1) is 14.9. The Morgan fingerprint density at radius 3 is 2.79 bits per heavy atom. The molecule has 19 heavy (non-hydrogen) atoms. The summed E-state index contributed by atoms with van der Waals surface area (Å²) in [6, 6.07) is 3.20. The lowest BCUT2D eigenvalue weighted by atomic mass is 10.2. The highest BCUT2D eigenvalue weighted by atomic mass is 19.1. The second-order valence-electron chi connectivity index (χ2n) is 3.87. The fourth-order valence-corrected chi connectivity index (χ4v) is 1.57. The minimum atomic E-state index is -0.588. The number of halogens is 1. The van der Waals surface area contributed by atoms with Gasteiger partial charge in [0.15, 0.2) is 0 Å². The monoisotopic (exact) mass is 270 g/mol. The van der Waals surface area contributed by atoms with E-state index in [2.05, 4.69) is 0 Å². The first-order chi connectivity index (χ1) is 8.95. The van der Waals surface area contributed by atoms with Gasteiger partial charge in [-0.2, -0.15) is 0 Å². The molecule has 0 heterocycles. The summed E-state index contributed by atoms with van der Waals surface area (Å²) < 4.78 is 17.9. The maximum atomic E-state index is 13.1. The quantitative estimate of drug-likeness (QED) is 0.450. The maximum absolute atomic E-state index is 13.1. The number of anilines is 1. The topological polar surface area (TPSA) is 72.7 Å². The fourth-order valence-electron chi connectivity index (χ4n) is 1.57. The molecule has 0 amide bonds. The third-order valence-corrected chi connectivity index (χ3v) is 2.50. The number of hydrogen-bond donors (Lipinski definition) is 0. The third kappa shape index (κ3) is 4.20. The predicted molar refractivity (Wildman–Crippen MR) is 67.6 cm³/mol. The van der Waals surface area contributed by atoms with Gasteiger partial charge in [0.1, 0.15) is 11.5 Å². The van der Waals surface area contributed by atoms with Crippen molar-refractivity contribution in [1.29, 1.82) is 0 Å². The number of benzene rings is 1. The summed E-state index contributed by atoms with van der Waals surface area (Å²) >= 11 is 0. The van der Waals surface area contributed by atoms with E-state index in [1.54, 1.807) is 14.0 Å². The van der Waals surface area contributed by atoms with Crippen molar-refractivity contribution in [1.82, 2.24) is 0 Å². The van der Waals surface area contributed by atoms with Crippen LogP contribution in [-0.2, 0) is 9.53 Å². The van der Waals surface area contributed by atoms with Gasteiger partial charge in [0, 0.05) is 25.7 Å². The first-order valence-electron chi connectivity index (χ1n) is 5.76. The maximum Gasteiger partial charge on any atom is 0.307 e. The van der Waals surface area contributed by atoms with E-state index in [1.165, 1.54) is 4.90 Å². The Bertz CT molecular complexity index is 479. The number of carbonyl (C=O) groups is 1. The van der Waals surface area contributed by atoms with E-state index >= 15 is 0 Å². The number of nitro groups is 1. The molecule has 0 spiro atoms. The molecule has 1 rings (SSSR count). The van der Waals surface area contributed by atoms with E-state index in [-0.39, 0.29) is 30.9 Å². The molecule has 104 valence electrons. The first-order valence-corrected chi connectivity index (χ1v) is 5.76. The number of nitro benzene ring substituents is 1. The molecule has 0 bridgehead atoms. The molecule has 0 radical (unpaired) electrons. The predicted octanol–water partition coefficient (Wildman–Crippen LogP) is 2.12. The van der Waals surface area contributed by atoms with Crippen LogP contribution in [0.5, 0.6) is 0 Å². The highest BCUT2D eigenvalue weighted by Crippen LogP contribution is 2.28. The Morgan fingerprint density at radius 2 is 2.21 bits per heavy atom. The number of rotatable bonds is 6. The summed E-state index contributed by atoms with van der Waals surface area (Å²) in [5.41, 5.74) is -0.0675. The molecule has 0 saturated heterocycles. The van der Waals surface area contributed by atoms with Gasteiger partial charge in [-0.25, -0.2) is 4.39 Å². The van der Waals surface area contributed by atoms with Crippen LogP contribution in [0.1, 0.15) is 13.3 Å². The highest BCUT2D eigenvalue weighted by molar-refractivity contribution is 5.71. The zero-order chi connectivity index (χ0) is 14.4. The molecule has 0 fully saturated rings. The van der Waals surface area contributed by atoms with Crippen molar-refractivity contribution in [2.24, 2.45) is 0 Å². The van der Waals surface area contributed by atoms with Crippen molar-refractivity contribution < 1.29 is 18.8 Å². The van der Waals surface area contributed by atoms with E-state index in [0.29, 0.717) is 0 Å². The lowest BCUT2D eigenvalue weighted by Crippen LogP contribution is -2.23. The van der Waals surface area contributed by atoms with Crippen LogP contribution in [0.3, 0.4) is 0 Å². The van der Waals surface area contributed by atoms with Gasteiger partial charge in [0.2, 0.25) is 0 Å². The second kappa shape index (κ2) is 6.67. The SMILES string of the molecule is CCOC(=O)CCN(C)c1cc(F)ccc1[N+](=O)[O-]. The van der Waals surface area contributed by atoms with Crippen molar-refractivity contribution in [3.63, 3.8) is 0 Å². The molecular weight excluding hydrogens is 255 g/mol. The van der Waals surface area contributed by atoms with Crippen LogP contribution in [0, 0.1) is 15.9 Å². The Morgan fingerprint density at radius 1 is 1.53 bits per heavy atom. The van der Waals surface area contributed by atoms with Crippen LogP contribution in [0.2, 0.25) is 0 Å². The largest absolute Gasteiger partial charge is 0.466 e. The molecule has 0 atom stereocenters. The van der Waals surface area contributed by atoms with Gasteiger partial charge < -0.3 is 9.64 Å². The summed E-state index contributed by atoms with van der Waals surface area (Å²) in [6.07, 6.45) is 0.0814. The van der Waals surface area contributed by atoms with E-state index in [0.717, 1.165) is 18.2 Å². The smallest absolute Gasteiger partial charge is 0.307 e. The number of carbonyl (C=O) groups excluding carboxylic acids is 1. The minimum absolute atomic E-state index is 0.0814. The van der Waals surface area contributed by atoms with Crippen LogP contribution >= 0.6 is 0 Å². The Hall–Kier alpha value is -2.18. The van der Waals surface area contributed by atoms with E-state index in [4.69, 9.17) is 4.74 Å². The van der Waals surface area contributed by atoms with Gasteiger partial charge in [-0.05, 0) is 13.0 Å². The van der Waals surface area contributed by atoms with Gasteiger partial charge in [-0.1, -0.05) is 0 Å².